The Kier molecular flexibility index (Phi) is 4.42. The number of sulfonamides is 1. The third-order valence-electron chi connectivity index (χ3n) is 2.23. The molecule has 0 unspecified atom stereocenters. The Morgan fingerprint density at radius 3 is 2.60 bits per heavy atom. The van der Waals surface area contributed by atoms with E-state index in [4.69, 9.17) is 0 Å². The van der Waals surface area contributed by atoms with Crippen molar-refractivity contribution >= 4 is 32.4 Å². The van der Waals surface area contributed by atoms with Gasteiger partial charge in [-0.05, 0) is 5.56 Å². The van der Waals surface area contributed by atoms with E-state index in [9.17, 15) is 13.2 Å². The molecular weight excluding hydrogens is 300 g/mol. The van der Waals surface area contributed by atoms with Crippen molar-refractivity contribution in [2.45, 2.75) is 17.8 Å². The van der Waals surface area contributed by atoms with Gasteiger partial charge < -0.3 is 5.32 Å². The summed E-state index contributed by atoms with van der Waals surface area (Å²) in [5.41, 5.74) is 0.836. The lowest BCUT2D eigenvalue weighted by Gasteiger charge is -2.03. The summed E-state index contributed by atoms with van der Waals surface area (Å²) < 4.78 is 26.2. The van der Waals surface area contributed by atoms with Crippen molar-refractivity contribution in [1.29, 1.82) is 0 Å². The van der Waals surface area contributed by atoms with Crippen LogP contribution in [0.2, 0.25) is 0 Å². The van der Waals surface area contributed by atoms with Crippen LogP contribution in [-0.2, 0) is 21.4 Å². The van der Waals surface area contributed by atoms with E-state index in [1.165, 1.54) is 6.92 Å². The predicted molar refractivity (Wildman–Crippen MR) is 74.7 cm³/mol. The highest BCUT2D eigenvalue weighted by Gasteiger charge is 2.20. The standard InChI is InChI=1S/C11H12N4O3S2/c1-8(16)13-10-14-15-11(19-10)20(17,18)12-7-9-5-3-2-4-6-9/h2-6,12H,7H2,1H3,(H,13,14,16). The molecule has 1 heterocycles. The normalized spacial score (nSPS) is 11.2. The fourth-order valence-electron chi connectivity index (χ4n) is 1.36. The molecule has 2 aromatic rings. The van der Waals surface area contributed by atoms with E-state index in [1.54, 1.807) is 0 Å². The molecule has 0 aliphatic carbocycles. The van der Waals surface area contributed by atoms with Crippen LogP contribution in [0.5, 0.6) is 0 Å². The summed E-state index contributed by atoms with van der Waals surface area (Å²) in [6, 6.07) is 9.12. The minimum atomic E-state index is -3.73. The van der Waals surface area contributed by atoms with Crippen molar-refractivity contribution in [3.63, 3.8) is 0 Å². The maximum Gasteiger partial charge on any atom is 0.270 e. The van der Waals surface area contributed by atoms with Crippen molar-refractivity contribution in [3.8, 4) is 0 Å². The average molecular weight is 312 g/mol. The van der Waals surface area contributed by atoms with Gasteiger partial charge in [-0.3, -0.25) is 4.79 Å². The van der Waals surface area contributed by atoms with Crippen LogP contribution in [0.15, 0.2) is 34.7 Å². The van der Waals surface area contributed by atoms with Crippen LogP contribution in [0, 0.1) is 0 Å². The summed E-state index contributed by atoms with van der Waals surface area (Å²) >= 11 is 0.799. The summed E-state index contributed by atoms with van der Waals surface area (Å²) in [5, 5.41) is 9.69. The molecule has 0 radical (unpaired) electrons. The number of anilines is 1. The Bertz CT molecular complexity index is 697. The molecule has 2 rings (SSSR count). The number of benzene rings is 1. The van der Waals surface area contributed by atoms with E-state index >= 15 is 0 Å². The lowest BCUT2D eigenvalue weighted by Crippen LogP contribution is -2.23. The molecule has 0 atom stereocenters. The molecule has 0 spiro atoms. The molecule has 1 aromatic carbocycles. The largest absolute Gasteiger partial charge is 0.301 e. The molecule has 0 fully saturated rings. The maximum absolute atomic E-state index is 12.0. The molecule has 20 heavy (non-hydrogen) atoms. The monoisotopic (exact) mass is 312 g/mol. The summed E-state index contributed by atoms with van der Waals surface area (Å²) in [5.74, 6) is -0.331. The summed E-state index contributed by atoms with van der Waals surface area (Å²) in [6.45, 7) is 1.47. The van der Waals surface area contributed by atoms with Gasteiger partial charge in [0.15, 0.2) is 0 Å². The Balaban J connectivity index is 2.06. The molecule has 7 nitrogen and oxygen atoms in total. The van der Waals surface area contributed by atoms with Crippen molar-refractivity contribution in [2.75, 3.05) is 5.32 Å². The number of nitrogens with one attached hydrogen (secondary N) is 2. The summed E-state index contributed by atoms with van der Waals surface area (Å²) in [7, 11) is -3.73. The number of hydrogen-bond acceptors (Lipinski definition) is 6. The SMILES string of the molecule is CC(=O)Nc1nnc(S(=O)(=O)NCc2ccccc2)s1. The lowest BCUT2D eigenvalue weighted by molar-refractivity contribution is -0.114. The third-order valence-corrected chi connectivity index (χ3v) is 4.84. The number of carbonyl (C=O) groups excluding carboxylic acids is 1. The lowest BCUT2D eigenvalue weighted by atomic mass is 10.2. The number of hydrogen-bond donors (Lipinski definition) is 2. The molecule has 0 saturated carbocycles. The van der Waals surface area contributed by atoms with E-state index in [0.717, 1.165) is 16.9 Å². The fraction of sp³-hybridized carbons (Fsp3) is 0.182. The topological polar surface area (TPSA) is 101 Å². The van der Waals surface area contributed by atoms with Crippen molar-refractivity contribution < 1.29 is 13.2 Å². The van der Waals surface area contributed by atoms with Gasteiger partial charge in [-0.2, -0.15) is 0 Å². The van der Waals surface area contributed by atoms with Crippen LogP contribution in [0.1, 0.15) is 12.5 Å². The molecule has 1 amide bonds. The van der Waals surface area contributed by atoms with Crippen molar-refractivity contribution in [1.82, 2.24) is 14.9 Å². The highest BCUT2D eigenvalue weighted by molar-refractivity contribution is 7.91. The van der Waals surface area contributed by atoms with Crippen LogP contribution in [0.4, 0.5) is 5.13 Å². The Morgan fingerprint density at radius 2 is 1.95 bits per heavy atom. The first kappa shape index (κ1) is 14.6. The Labute approximate surface area is 120 Å². The first-order chi connectivity index (χ1) is 9.47. The number of carbonyl (C=O) groups is 1. The first-order valence-electron chi connectivity index (χ1n) is 5.62. The van der Waals surface area contributed by atoms with Crippen LogP contribution >= 0.6 is 11.3 Å². The van der Waals surface area contributed by atoms with Gasteiger partial charge in [0, 0.05) is 13.5 Å². The molecule has 0 aliphatic heterocycles. The molecule has 0 saturated heterocycles. The second-order valence-electron chi connectivity index (χ2n) is 3.86. The molecule has 1 aromatic heterocycles. The maximum atomic E-state index is 12.0. The zero-order chi connectivity index (χ0) is 14.6. The minimum Gasteiger partial charge on any atom is -0.301 e. The highest BCUT2D eigenvalue weighted by atomic mass is 32.2. The first-order valence-corrected chi connectivity index (χ1v) is 7.92. The van der Waals surface area contributed by atoms with E-state index in [-0.39, 0.29) is 21.9 Å². The van der Waals surface area contributed by atoms with E-state index in [0.29, 0.717) is 0 Å². The van der Waals surface area contributed by atoms with Crippen LogP contribution in [-0.4, -0.2) is 24.5 Å². The van der Waals surface area contributed by atoms with Crippen LogP contribution in [0.3, 0.4) is 0 Å². The number of amides is 1. The van der Waals surface area contributed by atoms with Crippen molar-refractivity contribution in [3.05, 3.63) is 35.9 Å². The van der Waals surface area contributed by atoms with Gasteiger partial charge in [0.1, 0.15) is 0 Å². The summed E-state index contributed by atoms with van der Waals surface area (Å²) in [6.07, 6.45) is 0. The van der Waals surface area contributed by atoms with Crippen LogP contribution < -0.4 is 10.0 Å². The summed E-state index contributed by atoms with van der Waals surface area (Å²) in [4.78, 5) is 10.8. The predicted octanol–water partition coefficient (Wildman–Crippen LogP) is 0.975. The van der Waals surface area contributed by atoms with Gasteiger partial charge in [-0.15, -0.1) is 10.2 Å². The van der Waals surface area contributed by atoms with Crippen molar-refractivity contribution in [2.24, 2.45) is 0 Å². The molecule has 106 valence electrons. The smallest absolute Gasteiger partial charge is 0.270 e. The Morgan fingerprint density at radius 1 is 1.25 bits per heavy atom. The number of aromatic nitrogens is 2. The minimum absolute atomic E-state index is 0.151. The zero-order valence-electron chi connectivity index (χ0n) is 10.5. The van der Waals surface area contributed by atoms with Crippen LogP contribution in [0.25, 0.3) is 0 Å². The van der Waals surface area contributed by atoms with Gasteiger partial charge in [-0.1, -0.05) is 41.7 Å². The van der Waals surface area contributed by atoms with E-state index in [2.05, 4.69) is 20.2 Å². The molecule has 0 aliphatic rings. The molecule has 9 heteroatoms. The van der Waals surface area contributed by atoms with Gasteiger partial charge >= 0.3 is 0 Å². The van der Waals surface area contributed by atoms with E-state index in [1.807, 2.05) is 30.3 Å². The zero-order valence-corrected chi connectivity index (χ0v) is 12.2. The molecule has 0 bridgehead atoms. The average Bonchev–Trinajstić information content (AvgIpc) is 2.86. The van der Waals surface area contributed by atoms with E-state index < -0.39 is 10.0 Å². The molecule has 2 N–H and O–H groups in total. The van der Waals surface area contributed by atoms with Gasteiger partial charge in [0.05, 0.1) is 0 Å². The second kappa shape index (κ2) is 6.07. The number of nitrogens with zero attached hydrogens (tertiary/aromatic N) is 2. The van der Waals surface area contributed by atoms with Gasteiger partial charge in [-0.25, -0.2) is 13.1 Å². The van der Waals surface area contributed by atoms with Gasteiger partial charge in [0.25, 0.3) is 10.0 Å². The second-order valence-corrected chi connectivity index (χ2v) is 6.78. The number of rotatable bonds is 5. The highest BCUT2D eigenvalue weighted by Crippen LogP contribution is 2.19. The quantitative estimate of drug-likeness (QED) is 0.801. The van der Waals surface area contributed by atoms with Gasteiger partial charge in [0.2, 0.25) is 15.4 Å². The Hall–Kier alpha value is -1.84. The molecular formula is C11H12N4O3S2. The third kappa shape index (κ3) is 3.83. The fourth-order valence-corrected chi connectivity index (χ4v) is 3.36.